The Morgan fingerprint density at radius 2 is 1.55 bits per heavy atom. The maximum absolute atomic E-state index is 13.4. The Kier molecular flexibility index (Phi) is 9.33. The summed E-state index contributed by atoms with van der Waals surface area (Å²) in [4.78, 5) is 25.4. The van der Waals surface area contributed by atoms with Crippen molar-refractivity contribution in [3.8, 4) is 0 Å². The second-order valence-electron chi connectivity index (χ2n) is 12.5. The standard InChI is InChI=1S/C31H37F6N3O4/c1-19(20-14-22(30(32,33)34)16-23(15-20)31(35,36)37)43-18-29(21-8-6-5-7-9-21)11-10-24(17-38-29)39-25(41)28(12-13-28)40-26(42)44-27(2,3)4/h5-9,14-16,19,24,38H,10-13,17-18H2,1-4H3,(H,39,41)(H,40,42)/t19-,24+,29-/m1/s1. The van der Waals surface area contributed by atoms with Crippen molar-refractivity contribution in [2.45, 2.75) is 94.6 Å². The molecule has 3 atom stereocenters. The third-order valence-electron chi connectivity index (χ3n) is 7.85. The molecule has 0 spiro atoms. The summed E-state index contributed by atoms with van der Waals surface area (Å²) in [5.41, 5.74) is -4.80. The first kappa shape index (κ1) is 33.6. The molecule has 0 bridgehead atoms. The highest BCUT2D eigenvalue weighted by Crippen LogP contribution is 2.40. The van der Waals surface area contributed by atoms with E-state index in [9.17, 15) is 35.9 Å². The zero-order chi connectivity index (χ0) is 32.6. The van der Waals surface area contributed by atoms with Gasteiger partial charge < -0.3 is 25.4 Å². The number of ether oxygens (including phenoxy) is 2. The van der Waals surface area contributed by atoms with Gasteiger partial charge in [0.1, 0.15) is 11.1 Å². The first-order valence-electron chi connectivity index (χ1n) is 14.4. The van der Waals surface area contributed by atoms with Crippen molar-refractivity contribution in [3.05, 3.63) is 70.8 Å². The van der Waals surface area contributed by atoms with Crippen LogP contribution in [-0.2, 0) is 32.2 Å². The van der Waals surface area contributed by atoms with E-state index in [0.29, 0.717) is 44.4 Å². The number of carbonyl (C=O) groups is 2. The van der Waals surface area contributed by atoms with E-state index in [2.05, 4.69) is 16.0 Å². The molecule has 3 N–H and O–H groups in total. The normalized spacial score (nSPS) is 22.5. The summed E-state index contributed by atoms with van der Waals surface area (Å²) in [6.45, 7) is 6.84. The molecule has 7 nitrogen and oxygen atoms in total. The largest absolute Gasteiger partial charge is 0.444 e. The minimum atomic E-state index is -4.97. The topological polar surface area (TPSA) is 88.7 Å². The Bertz CT molecular complexity index is 1300. The molecule has 0 radical (unpaired) electrons. The molecule has 0 unspecified atom stereocenters. The molecular formula is C31H37F6N3O4. The Morgan fingerprint density at radius 1 is 0.955 bits per heavy atom. The maximum atomic E-state index is 13.4. The van der Waals surface area contributed by atoms with Crippen LogP contribution in [0.1, 0.15) is 81.7 Å². The van der Waals surface area contributed by atoms with Gasteiger partial charge in [0, 0.05) is 12.6 Å². The molecule has 2 fully saturated rings. The number of alkyl halides is 6. The SMILES string of the molecule is C[C@@H](OC[C@@]1(c2ccccc2)CC[C@H](NC(=O)C2(NC(=O)OC(C)(C)C)CC2)CN1)c1cc(C(F)(F)F)cc(C(F)(F)F)c1. The van der Waals surface area contributed by atoms with Crippen molar-refractivity contribution in [2.24, 2.45) is 0 Å². The van der Waals surface area contributed by atoms with Crippen molar-refractivity contribution in [3.63, 3.8) is 0 Å². The Morgan fingerprint density at radius 3 is 2.02 bits per heavy atom. The van der Waals surface area contributed by atoms with Crippen LogP contribution in [0.2, 0.25) is 0 Å². The second-order valence-corrected chi connectivity index (χ2v) is 12.5. The van der Waals surface area contributed by atoms with Gasteiger partial charge in [-0.1, -0.05) is 30.3 Å². The van der Waals surface area contributed by atoms with Crippen LogP contribution in [0, 0.1) is 0 Å². The van der Waals surface area contributed by atoms with E-state index in [-0.39, 0.29) is 30.2 Å². The average Bonchev–Trinajstić information content (AvgIpc) is 3.71. The lowest BCUT2D eigenvalue weighted by Gasteiger charge is -2.42. The average molecular weight is 630 g/mol. The van der Waals surface area contributed by atoms with Crippen molar-refractivity contribution in [2.75, 3.05) is 13.2 Å². The molecule has 1 saturated heterocycles. The van der Waals surface area contributed by atoms with Crippen LogP contribution in [0.5, 0.6) is 0 Å². The molecule has 0 aromatic heterocycles. The molecule has 2 amide bonds. The molecule has 2 aliphatic rings. The van der Waals surface area contributed by atoms with Gasteiger partial charge in [-0.05, 0) is 82.7 Å². The van der Waals surface area contributed by atoms with Gasteiger partial charge in [0.05, 0.1) is 29.4 Å². The number of hydrogen-bond acceptors (Lipinski definition) is 5. The summed E-state index contributed by atoms with van der Waals surface area (Å²) in [6.07, 6.45) is -9.81. The molecule has 44 heavy (non-hydrogen) atoms. The number of piperidine rings is 1. The minimum absolute atomic E-state index is 0.0550. The van der Waals surface area contributed by atoms with Gasteiger partial charge in [0.25, 0.3) is 0 Å². The fraction of sp³-hybridized carbons (Fsp3) is 0.548. The number of carbonyl (C=O) groups excluding carboxylic acids is 2. The number of halogens is 6. The molecule has 242 valence electrons. The quantitative estimate of drug-likeness (QED) is 0.286. The number of hydrogen-bond donors (Lipinski definition) is 3. The van der Waals surface area contributed by atoms with Gasteiger partial charge in [-0.3, -0.25) is 4.79 Å². The molecule has 1 saturated carbocycles. The molecule has 2 aromatic carbocycles. The molecule has 1 aliphatic carbocycles. The van der Waals surface area contributed by atoms with Gasteiger partial charge in [-0.2, -0.15) is 26.3 Å². The van der Waals surface area contributed by atoms with Crippen LogP contribution in [0.3, 0.4) is 0 Å². The van der Waals surface area contributed by atoms with Gasteiger partial charge >= 0.3 is 18.4 Å². The molecule has 13 heteroatoms. The predicted molar refractivity (Wildman–Crippen MR) is 149 cm³/mol. The zero-order valence-corrected chi connectivity index (χ0v) is 24.9. The highest BCUT2D eigenvalue weighted by Gasteiger charge is 2.52. The molecule has 1 aliphatic heterocycles. The Balaban J connectivity index is 1.45. The predicted octanol–water partition coefficient (Wildman–Crippen LogP) is 6.62. The van der Waals surface area contributed by atoms with Crippen molar-refractivity contribution < 1.29 is 45.4 Å². The molecule has 1 heterocycles. The summed E-state index contributed by atoms with van der Waals surface area (Å²) in [6, 6.07) is 10.3. The lowest BCUT2D eigenvalue weighted by molar-refractivity contribution is -0.143. The third-order valence-corrected chi connectivity index (χ3v) is 7.85. The van der Waals surface area contributed by atoms with Crippen LogP contribution >= 0.6 is 0 Å². The van der Waals surface area contributed by atoms with E-state index in [1.807, 2.05) is 30.3 Å². The summed E-state index contributed by atoms with van der Waals surface area (Å²) in [5, 5.41) is 9.07. The van der Waals surface area contributed by atoms with Crippen LogP contribution in [-0.4, -0.2) is 42.3 Å². The highest BCUT2D eigenvalue weighted by atomic mass is 19.4. The Labute approximate surface area is 252 Å². The van der Waals surface area contributed by atoms with E-state index in [1.165, 1.54) is 6.92 Å². The first-order valence-corrected chi connectivity index (χ1v) is 14.4. The fourth-order valence-corrected chi connectivity index (χ4v) is 5.20. The van der Waals surface area contributed by atoms with E-state index < -0.39 is 52.4 Å². The van der Waals surface area contributed by atoms with Gasteiger partial charge in [0.15, 0.2) is 0 Å². The van der Waals surface area contributed by atoms with Gasteiger partial charge in [0.2, 0.25) is 5.91 Å². The van der Waals surface area contributed by atoms with E-state index in [1.54, 1.807) is 20.8 Å². The smallest absolute Gasteiger partial charge is 0.416 e. The fourth-order valence-electron chi connectivity index (χ4n) is 5.20. The van der Waals surface area contributed by atoms with E-state index in [0.717, 1.165) is 5.56 Å². The second kappa shape index (κ2) is 12.2. The molecule has 4 rings (SSSR count). The summed E-state index contributed by atoms with van der Waals surface area (Å²) < 4.78 is 91.8. The number of alkyl carbamates (subject to hydrolysis) is 1. The summed E-state index contributed by atoms with van der Waals surface area (Å²) in [7, 11) is 0. The molecular weight excluding hydrogens is 592 g/mol. The maximum Gasteiger partial charge on any atom is 0.416 e. The number of benzene rings is 2. The first-order chi connectivity index (χ1) is 20.3. The van der Waals surface area contributed by atoms with Crippen molar-refractivity contribution in [1.29, 1.82) is 0 Å². The van der Waals surface area contributed by atoms with Crippen LogP contribution in [0.15, 0.2) is 48.5 Å². The van der Waals surface area contributed by atoms with E-state index in [4.69, 9.17) is 9.47 Å². The van der Waals surface area contributed by atoms with E-state index >= 15 is 0 Å². The Hall–Kier alpha value is -3.32. The van der Waals surface area contributed by atoms with Gasteiger partial charge in [-0.25, -0.2) is 4.79 Å². The zero-order valence-electron chi connectivity index (χ0n) is 24.9. The van der Waals surface area contributed by atoms with Crippen LogP contribution in [0.4, 0.5) is 31.1 Å². The minimum Gasteiger partial charge on any atom is -0.444 e. The number of nitrogens with one attached hydrogen (secondary N) is 3. The lowest BCUT2D eigenvalue weighted by Crippen LogP contribution is -2.59. The van der Waals surface area contributed by atoms with Crippen molar-refractivity contribution >= 4 is 12.0 Å². The summed E-state index contributed by atoms with van der Waals surface area (Å²) in [5.74, 6) is -0.322. The lowest BCUT2D eigenvalue weighted by atomic mass is 9.81. The summed E-state index contributed by atoms with van der Waals surface area (Å²) >= 11 is 0. The number of amides is 2. The van der Waals surface area contributed by atoms with Crippen LogP contribution < -0.4 is 16.0 Å². The molecule has 2 aromatic rings. The third kappa shape index (κ3) is 8.23. The van der Waals surface area contributed by atoms with Gasteiger partial charge in [-0.15, -0.1) is 0 Å². The van der Waals surface area contributed by atoms with Crippen molar-refractivity contribution in [1.82, 2.24) is 16.0 Å². The monoisotopic (exact) mass is 629 g/mol. The highest BCUT2D eigenvalue weighted by molar-refractivity contribution is 5.93. The number of rotatable bonds is 8. The van der Waals surface area contributed by atoms with Crippen LogP contribution in [0.25, 0.3) is 0 Å².